The van der Waals surface area contributed by atoms with Crippen molar-refractivity contribution in [2.24, 2.45) is 14.1 Å². The smallest absolute Gasteiger partial charge is 0.255 e. The molecule has 0 aliphatic carbocycles. The Labute approximate surface area is 386 Å². The number of halogens is 2. The normalized spacial score (nSPS) is 12.7. The van der Waals surface area contributed by atoms with E-state index in [0.29, 0.717) is 85.3 Å². The summed E-state index contributed by atoms with van der Waals surface area (Å²) < 4.78 is 48.1. The summed E-state index contributed by atoms with van der Waals surface area (Å²) in [7, 11) is 2.23. The molecular weight excluding hydrogens is 895 g/mol. The molecule has 0 radical (unpaired) electrons. The van der Waals surface area contributed by atoms with Gasteiger partial charge in [0.05, 0.1) is 46.6 Å². The number of carbonyl (C=O) groups is 2. The van der Waals surface area contributed by atoms with Crippen molar-refractivity contribution in [1.29, 1.82) is 0 Å². The molecule has 0 aliphatic heterocycles. The zero-order valence-corrected chi connectivity index (χ0v) is 39.1. The first kappa shape index (κ1) is 45.2. The molecule has 2 aromatic carbocycles. The van der Waals surface area contributed by atoms with Gasteiger partial charge in [-0.15, -0.1) is 0 Å². The standard InChI is InChI=1S/C26H30FN7O3Si.C20H16FN7O2/c1-16(20-8-9-37-32-20)29-26(35)19-14-34(15-36-10-11-38(3,4)5)25-24(19)30-21(13-28-25)23-18-7-6-17(27)12-22(18)33(2)31-23;1-10(14-5-6-30-27-14)24-20(29)13-8-22-19-18(13)25-15(9-23-19)17-12-4-3-11(21)7-16(12)28(2)26-17/h6-9,12-14,16H,10-11,15H2,1-5H3,(H,29,35);3-10H,1-2H3,(H,22,23)(H,24,29). The highest BCUT2D eigenvalue weighted by molar-refractivity contribution is 6.76. The van der Waals surface area contributed by atoms with Crippen molar-refractivity contribution in [3.8, 4) is 22.8 Å². The van der Waals surface area contributed by atoms with Crippen molar-refractivity contribution in [2.45, 2.75) is 58.3 Å². The molecule has 2 atom stereocenters. The van der Waals surface area contributed by atoms with Crippen LogP contribution in [0.25, 0.3) is 66.9 Å². The van der Waals surface area contributed by atoms with Crippen molar-refractivity contribution >= 4 is 64.0 Å². The molecule has 0 aliphatic rings. The third-order valence-corrected chi connectivity index (χ3v) is 13.0. The van der Waals surface area contributed by atoms with Gasteiger partial charge in [0.2, 0.25) is 0 Å². The third-order valence-electron chi connectivity index (χ3n) is 11.3. The molecule has 0 saturated heterocycles. The first-order valence-electron chi connectivity index (χ1n) is 21.6. The summed E-state index contributed by atoms with van der Waals surface area (Å²) in [5, 5.41) is 24.1. The Bertz CT molecular complexity index is 3450. The van der Waals surface area contributed by atoms with Crippen molar-refractivity contribution in [2.75, 3.05) is 6.61 Å². The van der Waals surface area contributed by atoms with Crippen LogP contribution < -0.4 is 10.6 Å². The maximum Gasteiger partial charge on any atom is 0.255 e. The average molecular weight is 941 g/mol. The Morgan fingerprint density at radius 2 is 1.31 bits per heavy atom. The highest BCUT2D eigenvalue weighted by atomic mass is 28.3. The predicted molar refractivity (Wildman–Crippen MR) is 250 cm³/mol. The van der Waals surface area contributed by atoms with E-state index in [-0.39, 0.29) is 42.3 Å². The lowest BCUT2D eigenvalue weighted by molar-refractivity contribution is 0.0889. The first-order chi connectivity index (χ1) is 32.6. The molecule has 3 N–H and O–H groups in total. The zero-order chi connectivity index (χ0) is 47.9. The van der Waals surface area contributed by atoms with Crippen LogP contribution in [0.1, 0.15) is 58.0 Å². The van der Waals surface area contributed by atoms with Gasteiger partial charge >= 0.3 is 0 Å². The molecule has 8 aromatic heterocycles. The molecule has 0 spiro atoms. The number of amides is 2. The van der Waals surface area contributed by atoms with Gasteiger partial charge in [-0.2, -0.15) is 10.2 Å². The minimum atomic E-state index is -1.25. The number of fused-ring (bicyclic) bond motifs is 4. The second-order valence-corrected chi connectivity index (χ2v) is 23.1. The molecule has 10 rings (SSSR count). The lowest BCUT2D eigenvalue weighted by Crippen LogP contribution is -2.26. The maximum atomic E-state index is 13.8. The number of aryl methyl sites for hydroxylation is 2. The van der Waals surface area contributed by atoms with Crippen LogP contribution in [-0.2, 0) is 25.6 Å². The number of ether oxygens (including phenoxy) is 1. The fourth-order valence-corrected chi connectivity index (χ4v) is 8.33. The Morgan fingerprint density at radius 1 is 0.765 bits per heavy atom. The lowest BCUT2D eigenvalue weighted by atomic mass is 10.1. The van der Waals surface area contributed by atoms with E-state index < -0.39 is 8.07 Å². The minimum absolute atomic E-state index is 0.243. The Balaban J connectivity index is 0.000000174. The Hall–Kier alpha value is -7.98. The highest BCUT2D eigenvalue weighted by Gasteiger charge is 2.24. The molecule has 10 aromatic rings. The zero-order valence-electron chi connectivity index (χ0n) is 38.1. The average Bonchev–Trinajstić information content (AvgIpc) is 4.18. The number of nitrogens with zero attached hydrogens (tertiary/aromatic N) is 11. The summed E-state index contributed by atoms with van der Waals surface area (Å²) in [6, 6.07) is 12.6. The summed E-state index contributed by atoms with van der Waals surface area (Å²) in [5.74, 6) is -1.34. The molecule has 19 nitrogen and oxygen atoms in total. The number of H-pyrrole nitrogens is 1. The predicted octanol–water partition coefficient (Wildman–Crippen LogP) is 8.05. The van der Waals surface area contributed by atoms with Crippen LogP contribution in [0.4, 0.5) is 8.78 Å². The first-order valence-corrected chi connectivity index (χ1v) is 25.3. The van der Waals surface area contributed by atoms with Gasteiger partial charge in [0, 0.05) is 64.1 Å². The van der Waals surface area contributed by atoms with Crippen molar-refractivity contribution in [1.82, 2.24) is 70.0 Å². The lowest BCUT2D eigenvalue weighted by Gasteiger charge is -2.15. The second-order valence-electron chi connectivity index (χ2n) is 17.4. The number of carbonyl (C=O) groups excluding carboxylic acids is 2. The van der Waals surface area contributed by atoms with E-state index in [2.05, 4.69) is 70.7 Å². The molecule has 22 heteroatoms. The number of aromatic amines is 1. The van der Waals surface area contributed by atoms with Crippen molar-refractivity contribution in [3.05, 3.63) is 120 Å². The van der Waals surface area contributed by atoms with Gasteiger partial charge in [0.25, 0.3) is 11.8 Å². The minimum Gasteiger partial charge on any atom is -0.364 e. The van der Waals surface area contributed by atoms with Crippen molar-refractivity contribution in [3.63, 3.8) is 0 Å². The van der Waals surface area contributed by atoms with E-state index >= 15 is 0 Å². The molecule has 2 amide bonds. The fraction of sp³-hybridized carbons (Fsp3) is 0.261. The number of rotatable bonds is 13. The number of benzene rings is 2. The summed E-state index contributed by atoms with van der Waals surface area (Å²) in [4.78, 5) is 47.6. The summed E-state index contributed by atoms with van der Waals surface area (Å²) in [6.07, 6.45) is 9.37. The van der Waals surface area contributed by atoms with Crippen LogP contribution in [0.5, 0.6) is 0 Å². The van der Waals surface area contributed by atoms with Gasteiger partial charge in [-0.1, -0.05) is 30.0 Å². The van der Waals surface area contributed by atoms with E-state index in [4.69, 9.17) is 18.8 Å². The molecule has 0 saturated carbocycles. The second kappa shape index (κ2) is 18.4. The van der Waals surface area contributed by atoms with E-state index in [0.717, 1.165) is 16.8 Å². The van der Waals surface area contributed by atoms with Crippen LogP contribution in [0.15, 0.2) is 94.9 Å². The van der Waals surface area contributed by atoms with E-state index in [1.165, 1.54) is 36.8 Å². The summed E-state index contributed by atoms with van der Waals surface area (Å²) in [6.45, 7) is 11.4. The fourth-order valence-electron chi connectivity index (χ4n) is 7.58. The Kier molecular flexibility index (Phi) is 12.2. The number of hydrogen-bond acceptors (Lipinski definition) is 13. The Morgan fingerprint density at radius 3 is 1.85 bits per heavy atom. The largest absolute Gasteiger partial charge is 0.364 e. The maximum absolute atomic E-state index is 13.8. The third kappa shape index (κ3) is 9.22. The highest BCUT2D eigenvalue weighted by Crippen LogP contribution is 2.31. The van der Waals surface area contributed by atoms with Crippen LogP contribution >= 0.6 is 0 Å². The molecule has 348 valence electrons. The molecule has 2 unspecified atom stereocenters. The molecule has 0 fully saturated rings. The van der Waals surface area contributed by atoms with Crippen LogP contribution in [-0.4, -0.2) is 85.9 Å². The van der Waals surface area contributed by atoms with Gasteiger partial charge in [0.1, 0.15) is 76.1 Å². The van der Waals surface area contributed by atoms with Gasteiger partial charge in [-0.3, -0.25) is 19.0 Å². The van der Waals surface area contributed by atoms with Gasteiger partial charge in [-0.05, 0) is 56.3 Å². The number of hydrogen-bond donors (Lipinski definition) is 3. The van der Waals surface area contributed by atoms with Crippen LogP contribution in [0.3, 0.4) is 0 Å². The molecule has 8 heterocycles. The van der Waals surface area contributed by atoms with E-state index in [9.17, 15) is 18.4 Å². The topological polar surface area (TPSA) is 227 Å². The van der Waals surface area contributed by atoms with Gasteiger partial charge in [0.15, 0.2) is 11.3 Å². The quantitative estimate of drug-likeness (QED) is 0.0735. The van der Waals surface area contributed by atoms with Crippen molar-refractivity contribution < 1.29 is 32.2 Å². The molecule has 68 heavy (non-hydrogen) atoms. The van der Waals surface area contributed by atoms with E-state index in [1.54, 1.807) is 84.0 Å². The van der Waals surface area contributed by atoms with Crippen LogP contribution in [0.2, 0.25) is 25.7 Å². The summed E-state index contributed by atoms with van der Waals surface area (Å²) in [5.41, 5.74) is 7.10. The number of aromatic nitrogens is 12. The SMILES string of the molecule is CC(NC(=O)c1c[nH]c2ncc(-c3nn(C)c4cc(F)ccc34)nc12)c1ccon1.CC(NC(=O)c1cn(COCC[Si](C)(C)C)c2ncc(-c3nn(C)c4cc(F)ccc34)nc12)c1ccon1. The molecular formula is C46H46F2N14O5Si. The van der Waals surface area contributed by atoms with Crippen LogP contribution in [0, 0.1) is 11.6 Å². The number of nitrogens with one attached hydrogen (secondary N) is 3. The molecule has 0 bridgehead atoms. The van der Waals surface area contributed by atoms with Gasteiger partial charge in [-0.25, -0.2) is 28.7 Å². The summed E-state index contributed by atoms with van der Waals surface area (Å²) >= 11 is 0. The van der Waals surface area contributed by atoms with Gasteiger partial charge < -0.3 is 34.0 Å². The monoisotopic (exact) mass is 940 g/mol. The van der Waals surface area contributed by atoms with E-state index in [1.807, 2.05) is 6.92 Å².